The molecular formula is C13H16F2N2O. The first kappa shape index (κ1) is 13.0. The lowest BCUT2D eigenvalue weighted by molar-refractivity contribution is -0.121. The predicted octanol–water partition coefficient (Wildman–Crippen LogP) is 2.07. The average Bonchev–Trinajstić information content (AvgIpc) is 2.23. The van der Waals surface area contributed by atoms with Crippen LogP contribution >= 0.6 is 0 Å². The van der Waals surface area contributed by atoms with Crippen LogP contribution in [0.1, 0.15) is 12.5 Å². The first-order chi connectivity index (χ1) is 8.49. The van der Waals surface area contributed by atoms with E-state index in [1.165, 1.54) is 6.92 Å². The Balaban J connectivity index is 2.08. The molecule has 0 aromatic heterocycles. The van der Waals surface area contributed by atoms with Gasteiger partial charge in [-0.2, -0.15) is 0 Å². The Kier molecular flexibility index (Phi) is 3.61. The van der Waals surface area contributed by atoms with Crippen LogP contribution in [-0.4, -0.2) is 19.0 Å². The number of halogens is 2. The quantitative estimate of drug-likeness (QED) is 0.867. The summed E-state index contributed by atoms with van der Waals surface area (Å²) >= 11 is 0. The monoisotopic (exact) mass is 254 g/mol. The first-order valence-electron chi connectivity index (χ1n) is 5.96. The van der Waals surface area contributed by atoms with Gasteiger partial charge in [0.2, 0.25) is 5.91 Å². The third kappa shape index (κ3) is 2.51. The lowest BCUT2D eigenvalue weighted by Gasteiger charge is -2.31. The van der Waals surface area contributed by atoms with Crippen molar-refractivity contribution in [3.63, 3.8) is 0 Å². The number of nitrogens with one attached hydrogen (secondary N) is 2. The van der Waals surface area contributed by atoms with E-state index < -0.39 is 11.6 Å². The number of hydrogen-bond donors (Lipinski definition) is 2. The van der Waals surface area contributed by atoms with Gasteiger partial charge in [0.05, 0.1) is 5.69 Å². The maximum Gasteiger partial charge on any atom is 0.227 e. The molecule has 1 unspecified atom stereocenters. The second-order valence-corrected chi connectivity index (χ2v) is 4.78. The minimum Gasteiger partial charge on any atom is -0.323 e. The highest BCUT2D eigenvalue weighted by atomic mass is 19.1. The topological polar surface area (TPSA) is 41.1 Å². The van der Waals surface area contributed by atoms with Crippen molar-refractivity contribution in [1.82, 2.24) is 5.32 Å². The smallest absolute Gasteiger partial charge is 0.227 e. The summed E-state index contributed by atoms with van der Waals surface area (Å²) in [4.78, 5) is 11.9. The Morgan fingerprint density at radius 2 is 2.06 bits per heavy atom. The molecular weight excluding hydrogens is 238 g/mol. The Morgan fingerprint density at radius 3 is 2.61 bits per heavy atom. The van der Waals surface area contributed by atoms with Crippen LogP contribution in [0.4, 0.5) is 14.5 Å². The van der Waals surface area contributed by atoms with Crippen molar-refractivity contribution < 1.29 is 13.6 Å². The molecule has 0 saturated carbocycles. The van der Waals surface area contributed by atoms with E-state index >= 15 is 0 Å². The van der Waals surface area contributed by atoms with Crippen LogP contribution in [0.3, 0.4) is 0 Å². The van der Waals surface area contributed by atoms with E-state index in [2.05, 4.69) is 10.6 Å². The van der Waals surface area contributed by atoms with E-state index in [4.69, 9.17) is 0 Å². The molecule has 1 heterocycles. The minimum absolute atomic E-state index is 0.0952. The molecule has 1 aromatic carbocycles. The van der Waals surface area contributed by atoms with E-state index in [9.17, 15) is 13.6 Å². The summed E-state index contributed by atoms with van der Waals surface area (Å²) in [5.74, 6) is -1.35. The Morgan fingerprint density at radius 1 is 1.39 bits per heavy atom. The summed E-state index contributed by atoms with van der Waals surface area (Å²) in [6.07, 6.45) is 0. The fraction of sp³-hybridized carbons (Fsp3) is 0.462. The summed E-state index contributed by atoms with van der Waals surface area (Å²) in [6, 6.07) is 2.11. The lowest BCUT2D eigenvalue weighted by atomic mass is 9.88. The highest BCUT2D eigenvalue weighted by molar-refractivity contribution is 5.92. The van der Waals surface area contributed by atoms with Gasteiger partial charge in [-0.3, -0.25) is 4.79 Å². The van der Waals surface area contributed by atoms with Gasteiger partial charge in [-0.15, -0.1) is 0 Å². The molecule has 1 atom stereocenters. The maximum atomic E-state index is 13.6. The van der Waals surface area contributed by atoms with Gasteiger partial charge in [0, 0.05) is 12.0 Å². The lowest BCUT2D eigenvalue weighted by Crippen LogP contribution is -2.48. The molecule has 98 valence electrons. The van der Waals surface area contributed by atoms with Crippen molar-refractivity contribution in [2.24, 2.45) is 11.8 Å². The van der Waals surface area contributed by atoms with Crippen molar-refractivity contribution in [1.29, 1.82) is 0 Å². The van der Waals surface area contributed by atoms with Crippen LogP contribution in [0.2, 0.25) is 0 Å². The number of benzene rings is 1. The minimum atomic E-state index is -0.610. The fourth-order valence-corrected chi connectivity index (χ4v) is 1.87. The summed E-state index contributed by atoms with van der Waals surface area (Å²) in [5, 5.41) is 5.52. The van der Waals surface area contributed by atoms with E-state index in [0.717, 1.165) is 25.2 Å². The number of carbonyl (C=O) groups is 1. The number of rotatable bonds is 3. The normalized spacial score (nSPS) is 17.1. The van der Waals surface area contributed by atoms with E-state index in [1.807, 2.05) is 0 Å². The zero-order valence-corrected chi connectivity index (χ0v) is 10.4. The average molecular weight is 254 g/mol. The predicted molar refractivity (Wildman–Crippen MR) is 65.2 cm³/mol. The zero-order chi connectivity index (χ0) is 13.3. The summed E-state index contributed by atoms with van der Waals surface area (Å²) in [7, 11) is 0. The molecule has 1 aliphatic heterocycles. The first-order valence-corrected chi connectivity index (χ1v) is 5.96. The molecule has 1 saturated heterocycles. The molecule has 1 aliphatic rings. The molecule has 1 amide bonds. The van der Waals surface area contributed by atoms with E-state index in [1.54, 1.807) is 6.92 Å². The Hall–Kier alpha value is -1.49. The molecule has 18 heavy (non-hydrogen) atoms. The van der Waals surface area contributed by atoms with Crippen LogP contribution in [0.25, 0.3) is 0 Å². The van der Waals surface area contributed by atoms with E-state index in [0.29, 0.717) is 0 Å². The van der Waals surface area contributed by atoms with Gasteiger partial charge >= 0.3 is 0 Å². The summed E-state index contributed by atoms with van der Waals surface area (Å²) in [6.45, 7) is 4.86. The maximum absolute atomic E-state index is 13.6. The fourth-order valence-electron chi connectivity index (χ4n) is 1.87. The van der Waals surface area contributed by atoms with Crippen LogP contribution in [0, 0.1) is 30.4 Å². The Labute approximate surface area is 105 Å². The number of amides is 1. The third-order valence-electron chi connectivity index (χ3n) is 3.44. The van der Waals surface area contributed by atoms with E-state index in [-0.39, 0.29) is 29.0 Å². The molecule has 1 fully saturated rings. The van der Waals surface area contributed by atoms with Gasteiger partial charge in [0.15, 0.2) is 0 Å². The largest absolute Gasteiger partial charge is 0.323 e. The molecule has 2 N–H and O–H groups in total. The Bertz CT molecular complexity index is 472. The van der Waals surface area contributed by atoms with Crippen LogP contribution in [-0.2, 0) is 4.79 Å². The third-order valence-corrected chi connectivity index (χ3v) is 3.44. The van der Waals surface area contributed by atoms with Gasteiger partial charge < -0.3 is 10.6 Å². The zero-order valence-electron chi connectivity index (χ0n) is 10.4. The second-order valence-electron chi connectivity index (χ2n) is 4.78. The van der Waals surface area contributed by atoms with Gasteiger partial charge in [0.1, 0.15) is 11.6 Å². The van der Waals surface area contributed by atoms with Crippen molar-refractivity contribution in [2.45, 2.75) is 13.8 Å². The van der Waals surface area contributed by atoms with Crippen molar-refractivity contribution in [3.05, 3.63) is 29.3 Å². The van der Waals surface area contributed by atoms with Gasteiger partial charge in [-0.25, -0.2) is 8.78 Å². The molecule has 0 radical (unpaired) electrons. The standard InChI is InChI=1S/C13H16F2N2O/c1-7-3-11(15)12(4-10(7)14)17-13(18)8(2)9-5-16-6-9/h3-4,8-9,16H,5-6H2,1-2H3,(H,17,18). The molecule has 3 nitrogen and oxygen atoms in total. The second kappa shape index (κ2) is 5.02. The highest BCUT2D eigenvalue weighted by Crippen LogP contribution is 2.22. The molecule has 0 aliphatic carbocycles. The van der Waals surface area contributed by atoms with Gasteiger partial charge in [-0.1, -0.05) is 6.92 Å². The molecule has 2 rings (SSSR count). The van der Waals surface area contributed by atoms with Crippen molar-refractivity contribution >= 4 is 11.6 Å². The molecule has 0 spiro atoms. The summed E-state index contributed by atoms with van der Waals surface area (Å²) in [5.41, 5.74) is 0.129. The highest BCUT2D eigenvalue weighted by Gasteiger charge is 2.29. The number of carbonyl (C=O) groups excluding carboxylic acids is 1. The van der Waals surface area contributed by atoms with Crippen molar-refractivity contribution in [2.75, 3.05) is 18.4 Å². The van der Waals surface area contributed by atoms with Crippen LogP contribution in [0.5, 0.6) is 0 Å². The number of anilines is 1. The van der Waals surface area contributed by atoms with Crippen molar-refractivity contribution in [3.8, 4) is 0 Å². The molecule has 1 aromatic rings. The molecule has 5 heteroatoms. The molecule has 0 bridgehead atoms. The van der Waals surface area contributed by atoms with Gasteiger partial charge in [0.25, 0.3) is 0 Å². The number of aryl methyl sites for hydroxylation is 1. The summed E-state index contributed by atoms with van der Waals surface area (Å²) < 4.78 is 26.9. The van der Waals surface area contributed by atoms with Crippen LogP contribution < -0.4 is 10.6 Å². The number of hydrogen-bond acceptors (Lipinski definition) is 2. The van der Waals surface area contributed by atoms with Gasteiger partial charge in [-0.05, 0) is 37.6 Å². The van der Waals surface area contributed by atoms with Crippen LogP contribution in [0.15, 0.2) is 12.1 Å². The SMILES string of the molecule is Cc1cc(F)c(NC(=O)C(C)C2CNC2)cc1F.